The van der Waals surface area contributed by atoms with Gasteiger partial charge in [-0.05, 0) is 42.8 Å². The molecule has 1 N–H and O–H groups in total. The fraction of sp³-hybridized carbons (Fsp3) is 0.167. The molecule has 1 aliphatic rings. The molecule has 1 aliphatic heterocycles. The van der Waals surface area contributed by atoms with Crippen LogP contribution in [0.2, 0.25) is 10.0 Å². The average Bonchev–Trinajstić information content (AvgIpc) is 2.95. The molecule has 0 saturated carbocycles. The van der Waals surface area contributed by atoms with Crippen molar-refractivity contribution in [2.45, 2.75) is 11.3 Å². The Labute approximate surface area is 179 Å². The minimum Gasteiger partial charge on any atom is -0.505 e. The molecule has 1 aromatic heterocycles. The predicted octanol–water partition coefficient (Wildman–Crippen LogP) is 4.50. The van der Waals surface area contributed by atoms with Crippen molar-refractivity contribution >= 4 is 66.0 Å². The highest BCUT2D eigenvalue weighted by Crippen LogP contribution is 2.37. The summed E-state index contributed by atoms with van der Waals surface area (Å²) < 4.78 is 28.3. The molecular formula is C18H13BrCl2N2O4S. The van der Waals surface area contributed by atoms with Crippen LogP contribution in [0.5, 0.6) is 5.75 Å². The lowest BCUT2D eigenvalue weighted by Crippen LogP contribution is -2.43. The Morgan fingerprint density at radius 1 is 1.11 bits per heavy atom. The van der Waals surface area contributed by atoms with Gasteiger partial charge in [0.05, 0.1) is 10.5 Å². The van der Waals surface area contributed by atoms with Gasteiger partial charge in [0.2, 0.25) is 0 Å². The molecule has 0 radical (unpaired) electrons. The van der Waals surface area contributed by atoms with Gasteiger partial charge in [0.15, 0.2) is 5.75 Å². The third-order valence-electron chi connectivity index (χ3n) is 4.59. The van der Waals surface area contributed by atoms with Crippen LogP contribution in [0.25, 0.3) is 10.9 Å². The van der Waals surface area contributed by atoms with E-state index in [0.29, 0.717) is 28.0 Å². The molecule has 0 bridgehead atoms. The molecule has 2 heterocycles. The SMILES string of the molecule is O=C(c1cc2cc(Cl)ccc2n1S(=O)(=O)c1cc(Br)cc(Cl)c1O)N1CCC1. The van der Waals surface area contributed by atoms with Crippen LogP contribution in [-0.4, -0.2) is 41.4 Å². The smallest absolute Gasteiger partial charge is 0.272 e. The maximum Gasteiger partial charge on any atom is 0.272 e. The van der Waals surface area contributed by atoms with E-state index < -0.39 is 26.6 Å². The number of halogens is 3. The third-order valence-corrected chi connectivity index (χ3v) is 7.32. The lowest BCUT2D eigenvalue weighted by Gasteiger charge is -2.31. The van der Waals surface area contributed by atoms with Crippen LogP contribution < -0.4 is 0 Å². The molecule has 0 aliphatic carbocycles. The molecule has 146 valence electrons. The summed E-state index contributed by atoms with van der Waals surface area (Å²) in [7, 11) is -4.34. The van der Waals surface area contributed by atoms with E-state index in [-0.39, 0.29) is 16.2 Å². The largest absolute Gasteiger partial charge is 0.505 e. The van der Waals surface area contributed by atoms with Crippen molar-refractivity contribution in [3.05, 3.63) is 56.6 Å². The third kappa shape index (κ3) is 3.08. The Bertz CT molecular complexity index is 1240. The Morgan fingerprint density at radius 3 is 2.46 bits per heavy atom. The summed E-state index contributed by atoms with van der Waals surface area (Å²) in [5, 5.41) is 11.1. The molecule has 28 heavy (non-hydrogen) atoms. The number of phenols is 1. The number of hydrogen-bond acceptors (Lipinski definition) is 4. The van der Waals surface area contributed by atoms with E-state index in [2.05, 4.69) is 15.9 Å². The second kappa shape index (κ2) is 6.95. The second-order valence-electron chi connectivity index (χ2n) is 6.38. The Balaban J connectivity index is 2.03. The fourth-order valence-electron chi connectivity index (χ4n) is 3.09. The van der Waals surface area contributed by atoms with E-state index in [4.69, 9.17) is 23.2 Å². The van der Waals surface area contributed by atoms with Crippen molar-refractivity contribution in [2.24, 2.45) is 0 Å². The van der Waals surface area contributed by atoms with Gasteiger partial charge in [-0.1, -0.05) is 39.1 Å². The standard InChI is InChI=1S/C18H13BrCl2N2O4S/c19-11-8-13(21)17(24)16(9-11)28(26,27)23-14-3-2-12(20)6-10(14)7-15(23)18(25)22-4-1-5-22/h2-3,6-9,24H,1,4-5H2. The highest BCUT2D eigenvalue weighted by Gasteiger charge is 2.32. The molecule has 4 rings (SSSR count). The fourth-order valence-corrected chi connectivity index (χ4v) is 5.93. The van der Waals surface area contributed by atoms with Gasteiger partial charge in [0.1, 0.15) is 10.6 Å². The van der Waals surface area contributed by atoms with Crippen molar-refractivity contribution in [1.82, 2.24) is 8.87 Å². The number of amides is 1. The molecule has 1 amide bonds. The predicted molar refractivity (Wildman–Crippen MR) is 111 cm³/mol. The van der Waals surface area contributed by atoms with Gasteiger partial charge in [-0.3, -0.25) is 4.79 Å². The second-order valence-corrected chi connectivity index (χ2v) is 9.90. The van der Waals surface area contributed by atoms with E-state index >= 15 is 0 Å². The molecule has 6 nitrogen and oxygen atoms in total. The van der Waals surface area contributed by atoms with Gasteiger partial charge < -0.3 is 10.0 Å². The van der Waals surface area contributed by atoms with Crippen LogP contribution in [0.3, 0.4) is 0 Å². The van der Waals surface area contributed by atoms with E-state index in [1.807, 2.05) is 0 Å². The highest BCUT2D eigenvalue weighted by molar-refractivity contribution is 9.10. The van der Waals surface area contributed by atoms with Crippen molar-refractivity contribution < 1.29 is 18.3 Å². The summed E-state index contributed by atoms with van der Waals surface area (Å²) in [6, 6.07) is 8.78. The molecule has 2 aromatic carbocycles. The molecule has 0 spiro atoms. The molecular weight excluding hydrogens is 491 g/mol. The molecule has 0 atom stereocenters. The normalized spacial score (nSPS) is 14.3. The highest BCUT2D eigenvalue weighted by atomic mass is 79.9. The van der Waals surface area contributed by atoms with Crippen LogP contribution in [0.1, 0.15) is 16.9 Å². The monoisotopic (exact) mass is 502 g/mol. The van der Waals surface area contributed by atoms with Crippen LogP contribution in [0.4, 0.5) is 0 Å². The first-order valence-corrected chi connectivity index (χ1v) is 11.2. The van der Waals surface area contributed by atoms with Crippen molar-refractivity contribution in [1.29, 1.82) is 0 Å². The number of aromatic nitrogens is 1. The quantitative estimate of drug-likeness (QED) is 0.570. The van der Waals surface area contributed by atoms with Crippen molar-refractivity contribution in [2.75, 3.05) is 13.1 Å². The summed E-state index contributed by atoms with van der Waals surface area (Å²) in [5.41, 5.74) is 0.260. The number of hydrogen-bond donors (Lipinski definition) is 1. The summed E-state index contributed by atoms with van der Waals surface area (Å²) in [6.45, 7) is 1.13. The number of carbonyl (C=O) groups excluding carboxylic acids is 1. The molecule has 10 heteroatoms. The number of fused-ring (bicyclic) bond motifs is 1. The zero-order valence-electron chi connectivity index (χ0n) is 14.2. The number of aromatic hydroxyl groups is 1. The number of nitrogens with zero attached hydrogens (tertiary/aromatic N) is 2. The Kier molecular flexibility index (Phi) is 4.86. The summed E-state index contributed by atoms with van der Waals surface area (Å²) in [4.78, 5) is 14.1. The van der Waals surface area contributed by atoms with E-state index in [0.717, 1.165) is 10.4 Å². The number of benzene rings is 2. The molecule has 0 unspecified atom stereocenters. The average molecular weight is 504 g/mol. The van der Waals surface area contributed by atoms with Crippen LogP contribution in [-0.2, 0) is 10.0 Å². The first kappa shape index (κ1) is 19.6. The first-order chi connectivity index (χ1) is 13.2. The van der Waals surface area contributed by atoms with Gasteiger partial charge >= 0.3 is 0 Å². The minimum atomic E-state index is -4.34. The van der Waals surface area contributed by atoms with Gasteiger partial charge in [-0.2, -0.15) is 0 Å². The first-order valence-electron chi connectivity index (χ1n) is 8.24. The van der Waals surface area contributed by atoms with E-state index in [1.165, 1.54) is 24.3 Å². The maximum atomic E-state index is 13.5. The Hall–Kier alpha value is -1.74. The van der Waals surface area contributed by atoms with Crippen molar-refractivity contribution in [3.63, 3.8) is 0 Å². The maximum absolute atomic E-state index is 13.5. The zero-order valence-corrected chi connectivity index (χ0v) is 18.1. The van der Waals surface area contributed by atoms with E-state index in [9.17, 15) is 18.3 Å². The summed E-state index contributed by atoms with van der Waals surface area (Å²) >= 11 is 15.2. The number of carbonyl (C=O) groups is 1. The van der Waals surface area contributed by atoms with Gasteiger partial charge in [-0.25, -0.2) is 12.4 Å². The Morgan fingerprint density at radius 2 is 1.82 bits per heavy atom. The van der Waals surface area contributed by atoms with E-state index in [1.54, 1.807) is 17.0 Å². The lowest BCUT2D eigenvalue weighted by atomic mass is 10.2. The molecule has 3 aromatic rings. The lowest BCUT2D eigenvalue weighted by molar-refractivity contribution is 0.0645. The summed E-state index contributed by atoms with van der Waals surface area (Å²) in [6.07, 6.45) is 0.868. The molecule has 1 fully saturated rings. The topological polar surface area (TPSA) is 79.6 Å². The summed E-state index contributed by atoms with van der Waals surface area (Å²) in [5.74, 6) is -0.981. The van der Waals surface area contributed by atoms with Gasteiger partial charge in [-0.15, -0.1) is 0 Å². The minimum absolute atomic E-state index is 0.0209. The zero-order chi connectivity index (χ0) is 20.2. The van der Waals surface area contributed by atoms with Crippen molar-refractivity contribution in [3.8, 4) is 5.75 Å². The molecule has 1 saturated heterocycles. The number of likely N-dealkylation sites (tertiary alicyclic amines) is 1. The number of rotatable bonds is 3. The van der Waals surface area contributed by atoms with Crippen LogP contribution in [0.15, 0.2) is 45.8 Å². The van der Waals surface area contributed by atoms with Gasteiger partial charge in [0.25, 0.3) is 15.9 Å². The van der Waals surface area contributed by atoms with Crippen LogP contribution in [0, 0.1) is 0 Å². The van der Waals surface area contributed by atoms with Gasteiger partial charge in [0, 0.05) is 28.0 Å². The number of phenolic OH excluding ortho intramolecular Hbond substituents is 1. The van der Waals surface area contributed by atoms with Crippen LogP contribution >= 0.6 is 39.1 Å².